The number of rotatable bonds is 13. The predicted molar refractivity (Wildman–Crippen MR) is 148 cm³/mol. The van der Waals surface area contributed by atoms with Crippen molar-refractivity contribution < 1.29 is 19.1 Å². The molecule has 0 aliphatic heterocycles. The predicted octanol–water partition coefficient (Wildman–Crippen LogP) is 6.38. The number of nitrogens with one attached hydrogen (secondary N) is 2. The van der Waals surface area contributed by atoms with Crippen molar-refractivity contribution in [2.75, 3.05) is 6.61 Å². The smallest absolute Gasteiger partial charge is 0.262 e. The SMILES string of the molecule is CCCCOc1ccc(Br)cc1/C=N\NC(=O)[C@@H](CC(C)C)NC(=O)[C@@H](C)Oc1ccc(Cl)cc1Cl. The summed E-state index contributed by atoms with van der Waals surface area (Å²) in [7, 11) is 0. The third-order valence-corrected chi connectivity index (χ3v) is 6.04. The van der Waals surface area contributed by atoms with Crippen LogP contribution in [0.15, 0.2) is 46.0 Å². The lowest BCUT2D eigenvalue weighted by molar-refractivity contribution is -0.132. The number of benzene rings is 2. The minimum atomic E-state index is -0.890. The van der Waals surface area contributed by atoms with Crippen molar-refractivity contribution in [3.05, 3.63) is 56.5 Å². The van der Waals surface area contributed by atoms with Gasteiger partial charge in [-0.05, 0) is 62.1 Å². The van der Waals surface area contributed by atoms with E-state index in [2.05, 4.69) is 38.7 Å². The van der Waals surface area contributed by atoms with Gasteiger partial charge in [0.15, 0.2) is 6.10 Å². The maximum absolute atomic E-state index is 12.9. The Bertz CT molecular complexity index is 1070. The van der Waals surface area contributed by atoms with Crippen molar-refractivity contribution >= 4 is 57.2 Å². The van der Waals surface area contributed by atoms with Gasteiger partial charge < -0.3 is 14.8 Å². The molecule has 2 amide bonds. The van der Waals surface area contributed by atoms with Crippen LogP contribution in [0.3, 0.4) is 0 Å². The van der Waals surface area contributed by atoms with Gasteiger partial charge in [0.1, 0.15) is 17.5 Å². The number of unbranched alkanes of at least 4 members (excludes halogenated alkanes) is 1. The Balaban J connectivity index is 2.04. The highest BCUT2D eigenvalue weighted by Gasteiger charge is 2.25. The molecule has 10 heteroatoms. The van der Waals surface area contributed by atoms with E-state index in [0.29, 0.717) is 40.1 Å². The average molecular weight is 601 g/mol. The zero-order valence-corrected chi connectivity index (χ0v) is 23.9. The van der Waals surface area contributed by atoms with Crippen LogP contribution in [0.5, 0.6) is 11.5 Å². The number of carbonyl (C=O) groups is 2. The van der Waals surface area contributed by atoms with Crippen molar-refractivity contribution in [1.29, 1.82) is 0 Å². The first-order chi connectivity index (χ1) is 17.1. The molecule has 2 atom stereocenters. The maximum Gasteiger partial charge on any atom is 0.262 e. The first-order valence-corrected chi connectivity index (χ1v) is 13.3. The summed E-state index contributed by atoms with van der Waals surface area (Å²) >= 11 is 15.5. The summed E-state index contributed by atoms with van der Waals surface area (Å²) in [6.45, 7) is 8.19. The number of hydrogen-bond donors (Lipinski definition) is 2. The highest BCUT2D eigenvalue weighted by atomic mass is 79.9. The number of hydrazone groups is 1. The number of ether oxygens (including phenoxy) is 2. The van der Waals surface area contributed by atoms with Crippen molar-refractivity contribution in [3.8, 4) is 11.5 Å². The topological polar surface area (TPSA) is 89.0 Å². The summed E-state index contributed by atoms with van der Waals surface area (Å²) in [5.74, 6) is 0.251. The van der Waals surface area contributed by atoms with Crippen LogP contribution in [0.2, 0.25) is 10.0 Å². The number of halogens is 3. The fraction of sp³-hybridized carbons (Fsp3) is 0.423. The number of nitrogens with zero attached hydrogens (tertiary/aromatic N) is 1. The highest BCUT2D eigenvalue weighted by molar-refractivity contribution is 9.10. The van der Waals surface area contributed by atoms with E-state index in [9.17, 15) is 9.59 Å². The van der Waals surface area contributed by atoms with Gasteiger partial charge in [-0.1, -0.05) is 66.3 Å². The van der Waals surface area contributed by atoms with Gasteiger partial charge in [-0.15, -0.1) is 0 Å². The van der Waals surface area contributed by atoms with Gasteiger partial charge in [-0.3, -0.25) is 9.59 Å². The first kappa shape index (κ1) is 29.9. The fourth-order valence-corrected chi connectivity index (χ4v) is 3.96. The molecular weight excluding hydrogens is 569 g/mol. The lowest BCUT2D eigenvalue weighted by atomic mass is 10.0. The van der Waals surface area contributed by atoms with E-state index in [4.69, 9.17) is 32.7 Å². The van der Waals surface area contributed by atoms with E-state index in [1.54, 1.807) is 19.1 Å². The van der Waals surface area contributed by atoms with Gasteiger partial charge >= 0.3 is 0 Å². The van der Waals surface area contributed by atoms with Crippen molar-refractivity contribution in [1.82, 2.24) is 10.7 Å². The molecule has 0 heterocycles. The molecule has 0 saturated carbocycles. The van der Waals surface area contributed by atoms with Crippen LogP contribution in [0, 0.1) is 5.92 Å². The molecule has 36 heavy (non-hydrogen) atoms. The maximum atomic E-state index is 12.9. The zero-order valence-electron chi connectivity index (χ0n) is 20.8. The van der Waals surface area contributed by atoms with Crippen molar-refractivity contribution in [2.45, 2.75) is 59.1 Å². The summed E-state index contributed by atoms with van der Waals surface area (Å²) in [4.78, 5) is 25.7. The number of carbonyl (C=O) groups excluding carboxylic acids is 2. The van der Waals surface area contributed by atoms with Crippen LogP contribution in [-0.2, 0) is 9.59 Å². The van der Waals surface area contributed by atoms with Gasteiger partial charge in [0.25, 0.3) is 11.8 Å². The Morgan fingerprint density at radius 3 is 2.47 bits per heavy atom. The molecule has 2 rings (SSSR count). The Labute approximate surface area is 231 Å². The summed E-state index contributed by atoms with van der Waals surface area (Å²) < 4.78 is 12.3. The molecule has 0 unspecified atom stereocenters. The minimum Gasteiger partial charge on any atom is -0.493 e. The Hall–Kier alpha value is -2.29. The van der Waals surface area contributed by atoms with Crippen LogP contribution in [-0.4, -0.2) is 36.8 Å². The first-order valence-electron chi connectivity index (χ1n) is 11.8. The Morgan fingerprint density at radius 1 is 1.08 bits per heavy atom. The molecule has 7 nitrogen and oxygen atoms in total. The summed E-state index contributed by atoms with van der Waals surface area (Å²) in [5.41, 5.74) is 3.24. The highest BCUT2D eigenvalue weighted by Crippen LogP contribution is 2.28. The molecule has 0 aromatic heterocycles. The molecule has 0 bridgehead atoms. The van der Waals surface area contributed by atoms with E-state index >= 15 is 0 Å². The van der Waals surface area contributed by atoms with Crippen LogP contribution in [0.1, 0.15) is 52.5 Å². The monoisotopic (exact) mass is 599 g/mol. The quantitative estimate of drug-likeness (QED) is 0.158. The van der Waals surface area contributed by atoms with Gasteiger partial charge in [-0.2, -0.15) is 5.10 Å². The molecule has 0 saturated heterocycles. The molecule has 0 radical (unpaired) electrons. The van der Waals surface area contributed by atoms with E-state index in [1.807, 2.05) is 32.0 Å². The largest absolute Gasteiger partial charge is 0.493 e. The average Bonchev–Trinajstić information content (AvgIpc) is 2.81. The van der Waals surface area contributed by atoms with Gasteiger partial charge in [0.05, 0.1) is 17.8 Å². The van der Waals surface area contributed by atoms with Gasteiger partial charge in [0.2, 0.25) is 0 Å². The van der Waals surface area contributed by atoms with Crippen LogP contribution < -0.4 is 20.2 Å². The lowest BCUT2D eigenvalue weighted by Gasteiger charge is -2.22. The van der Waals surface area contributed by atoms with E-state index in [0.717, 1.165) is 17.3 Å². The normalized spacial score (nSPS) is 12.9. The third kappa shape index (κ3) is 9.99. The van der Waals surface area contributed by atoms with E-state index in [1.165, 1.54) is 12.3 Å². The molecule has 0 spiro atoms. The number of amides is 2. The lowest BCUT2D eigenvalue weighted by Crippen LogP contribution is -2.49. The standard InChI is InChI=1S/C26H32BrCl2N3O4/c1-5-6-11-35-23-9-7-19(27)13-18(23)15-30-32-26(34)22(12-16(2)3)31-25(33)17(4)36-24-10-8-20(28)14-21(24)29/h7-10,13-17,22H,5-6,11-12H2,1-4H3,(H,31,33)(H,32,34)/b30-15-/t17-,22-/m1/s1. The Kier molecular flexibility index (Phi) is 12.5. The molecule has 0 aliphatic carbocycles. The Morgan fingerprint density at radius 2 is 1.81 bits per heavy atom. The fourth-order valence-electron chi connectivity index (χ4n) is 3.13. The van der Waals surface area contributed by atoms with E-state index < -0.39 is 24.0 Å². The summed E-state index contributed by atoms with van der Waals surface area (Å²) in [6, 6.07) is 9.51. The van der Waals surface area contributed by atoms with Crippen molar-refractivity contribution in [3.63, 3.8) is 0 Å². The second-order valence-electron chi connectivity index (χ2n) is 8.64. The third-order valence-electron chi connectivity index (χ3n) is 5.01. The molecule has 2 aromatic carbocycles. The second kappa shape index (κ2) is 15.1. The summed E-state index contributed by atoms with van der Waals surface area (Å²) in [6.07, 6.45) is 3.01. The summed E-state index contributed by atoms with van der Waals surface area (Å²) in [5, 5.41) is 7.60. The molecule has 0 fully saturated rings. The van der Waals surface area contributed by atoms with Crippen LogP contribution in [0.25, 0.3) is 0 Å². The van der Waals surface area contributed by atoms with Crippen LogP contribution >= 0.6 is 39.1 Å². The van der Waals surface area contributed by atoms with Crippen LogP contribution in [0.4, 0.5) is 0 Å². The molecular formula is C26H32BrCl2N3O4. The molecule has 0 aliphatic rings. The van der Waals surface area contributed by atoms with Gasteiger partial charge in [-0.25, -0.2) is 5.43 Å². The van der Waals surface area contributed by atoms with Crippen molar-refractivity contribution in [2.24, 2.45) is 11.0 Å². The second-order valence-corrected chi connectivity index (χ2v) is 10.4. The molecule has 2 aromatic rings. The zero-order chi connectivity index (χ0) is 26.7. The molecule has 2 N–H and O–H groups in total. The minimum absolute atomic E-state index is 0.149. The van der Waals surface area contributed by atoms with Gasteiger partial charge in [0, 0.05) is 15.1 Å². The number of hydrogen-bond acceptors (Lipinski definition) is 5. The van der Waals surface area contributed by atoms with E-state index in [-0.39, 0.29) is 5.92 Å². The molecule has 196 valence electrons.